The van der Waals surface area contributed by atoms with Gasteiger partial charge in [-0.25, -0.2) is 10.0 Å². The largest absolute Gasteiger partial charge is 0.493 e. The minimum Gasteiger partial charge on any atom is -0.493 e. The molecule has 4 N–H and O–H groups in total. The predicted octanol–water partition coefficient (Wildman–Crippen LogP) is 2.44. The standard InChI is InChI=1S/C21H27N7O3/c1-6-13(12-10-8-7-9-11-12)23-16-17(21(31)27(4)20(16)30)24-18-14(22)15(25-28(18)5)19(29)26(2)3/h7-11,13,22-23,30-31H,6H2,1-5H3/t13-/m1/s1. The third-order valence-electron chi connectivity index (χ3n) is 5.08. The first-order valence-corrected chi connectivity index (χ1v) is 9.81. The van der Waals surface area contributed by atoms with Crippen LogP contribution in [0, 0.1) is 5.41 Å². The fourth-order valence-electron chi connectivity index (χ4n) is 3.27. The van der Waals surface area contributed by atoms with Gasteiger partial charge in [0.15, 0.2) is 17.2 Å². The van der Waals surface area contributed by atoms with Crippen LogP contribution in [0.1, 0.15) is 24.9 Å². The molecule has 1 amide bonds. The molecule has 1 aromatic carbocycles. The maximum Gasteiger partial charge on any atom is 0.276 e. The highest BCUT2D eigenvalue weighted by molar-refractivity contribution is 6.82. The molecule has 10 nitrogen and oxygen atoms in total. The maximum absolute atomic E-state index is 12.3. The van der Waals surface area contributed by atoms with Gasteiger partial charge in [0.05, 0.1) is 6.04 Å². The molecule has 1 aliphatic heterocycles. The van der Waals surface area contributed by atoms with Crippen LogP contribution in [-0.4, -0.2) is 69.0 Å². The monoisotopic (exact) mass is 425 g/mol. The van der Waals surface area contributed by atoms with E-state index < -0.39 is 5.91 Å². The second kappa shape index (κ2) is 8.50. The Morgan fingerprint density at radius 3 is 2.45 bits per heavy atom. The molecule has 0 radical (unpaired) electrons. The first kappa shape index (κ1) is 21.9. The van der Waals surface area contributed by atoms with Crippen LogP contribution in [-0.2, 0) is 11.8 Å². The SMILES string of the molecule is CC[C@@H](Nc1c(N=C2C(=N)C(C(=O)N(C)C)=NN2C)c(O)n(C)c1O)c1ccccc1. The Hall–Kier alpha value is -3.82. The van der Waals surface area contributed by atoms with Gasteiger partial charge in [-0.05, 0) is 12.0 Å². The number of nitrogens with one attached hydrogen (secondary N) is 2. The molecule has 10 heteroatoms. The fraction of sp³-hybridized carbons (Fsp3) is 0.333. The van der Waals surface area contributed by atoms with Crippen LogP contribution in [0.4, 0.5) is 11.4 Å². The van der Waals surface area contributed by atoms with Crippen molar-refractivity contribution < 1.29 is 15.0 Å². The number of benzene rings is 1. The quantitative estimate of drug-likeness (QED) is 0.565. The van der Waals surface area contributed by atoms with E-state index in [1.165, 1.54) is 21.5 Å². The first-order chi connectivity index (χ1) is 14.7. The summed E-state index contributed by atoms with van der Waals surface area (Å²) in [4.78, 5) is 18.0. The Kier molecular flexibility index (Phi) is 6.00. The smallest absolute Gasteiger partial charge is 0.276 e. The van der Waals surface area contributed by atoms with E-state index in [9.17, 15) is 15.0 Å². The molecule has 0 aliphatic carbocycles. The lowest BCUT2D eigenvalue weighted by atomic mass is 10.0. The highest BCUT2D eigenvalue weighted by atomic mass is 16.3. The molecule has 1 atom stereocenters. The third-order valence-corrected chi connectivity index (χ3v) is 5.08. The van der Waals surface area contributed by atoms with Crippen LogP contribution in [0.15, 0.2) is 40.4 Å². The van der Waals surface area contributed by atoms with Crippen LogP contribution in [0.2, 0.25) is 0 Å². The van der Waals surface area contributed by atoms with Gasteiger partial charge in [0.2, 0.25) is 11.8 Å². The van der Waals surface area contributed by atoms with E-state index >= 15 is 0 Å². The molecule has 1 aromatic heterocycles. The van der Waals surface area contributed by atoms with E-state index in [1.54, 1.807) is 21.1 Å². The van der Waals surface area contributed by atoms with Gasteiger partial charge in [0, 0.05) is 28.2 Å². The van der Waals surface area contributed by atoms with E-state index in [2.05, 4.69) is 15.4 Å². The molecular weight excluding hydrogens is 398 g/mol. The number of anilines is 1. The van der Waals surface area contributed by atoms with Gasteiger partial charge >= 0.3 is 0 Å². The van der Waals surface area contributed by atoms with Crippen molar-refractivity contribution in [3.63, 3.8) is 0 Å². The lowest BCUT2D eigenvalue weighted by Crippen LogP contribution is -2.35. The molecule has 0 saturated heterocycles. The van der Waals surface area contributed by atoms with Crippen LogP contribution in [0.3, 0.4) is 0 Å². The zero-order chi connectivity index (χ0) is 22.9. The van der Waals surface area contributed by atoms with Gasteiger partial charge in [-0.3, -0.25) is 14.8 Å². The zero-order valence-corrected chi connectivity index (χ0v) is 18.2. The van der Waals surface area contributed by atoms with Crippen LogP contribution in [0.5, 0.6) is 11.8 Å². The Labute approximate surface area is 180 Å². The van der Waals surface area contributed by atoms with Crippen LogP contribution in [0.25, 0.3) is 0 Å². The average molecular weight is 425 g/mol. The molecule has 0 saturated carbocycles. The molecule has 164 valence electrons. The van der Waals surface area contributed by atoms with Crippen LogP contribution >= 0.6 is 0 Å². The van der Waals surface area contributed by atoms with Gasteiger partial charge in [0.1, 0.15) is 11.4 Å². The number of aromatic nitrogens is 1. The number of hydrogen-bond acceptors (Lipinski definition) is 7. The molecule has 0 spiro atoms. The topological polar surface area (TPSA) is 130 Å². The number of aliphatic imine (C=N–C) groups is 1. The van der Waals surface area contributed by atoms with Crippen molar-refractivity contribution in [2.24, 2.45) is 17.1 Å². The van der Waals surface area contributed by atoms with E-state index in [0.29, 0.717) is 0 Å². The second-order valence-electron chi connectivity index (χ2n) is 7.43. The lowest BCUT2D eigenvalue weighted by molar-refractivity contribution is -0.121. The maximum atomic E-state index is 12.3. The summed E-state index contributed by atoms with van der Waals surface area (Å²) in [6, 6.07) is 9.58. The van der Waals surface area contributed by atoms with E-state index in [1.807, 2.05) is 37.3 Å². The number of hydrazone groups is 1. The molecule has 3 rings (SSSR count). The Morgan fingerprint density at radius 1 is 1.23 bits per heavy atom. The average Bonchev–Trinajstić information content (AvgIpc) is 3.15. The summed E-state index contributed by atoms with van der Waals surface area (Å²) < 4.78 is 1.20. The summed E-state index contributed by atoms with van der Waals surface area (Å²) in [6.07, 6.45) is 0.718. The van der Waals surface area contributed by atoms with Gasteiger partial charge in [-0.2, -0.15) is 5.10 Å². The second-order valence-corrected chi connectivity index (χ2v) is 7.43. The number of amidine groups is 1. The molecule has 2 aromatic rings. The minimum absolute atomic E-state index is 0.0453. The zero-order valence-electron chi connectivity index (χ0n) is 18.2. The molecule has 0 unspecified atom stereocenters. The Balaban J connectivity index is 2.02. The van der Waals surface area contributed by atoms with E-state index in [4.69, 9.17) is 5.41 Å². The highest BCUT2D eigenvalue weighted by Crippen LogP contribution is 2.46. The number of amides is 1. The van der Waals surface area contributed by atoms with Crippen molar-refractivity contribution >= 4 is 34.5 Å². The van der Waals surface area contributed by atoms with E-state index in [0.717, 1.165) is 12.0 Å². The van der Waals surface area contributed by atoms with Crippen molar-refractivity contribution in [1.29, 1.82) is 5.41 Å². The van der Waals surface area contributed by atoms with Gasteiger partial charge < -0.3 is 20.4 Å². The number of aromatic hydroxyl groups is 2. The normalized spacial score (nSPS) is 15.9. The number of nitrogens with zero attached hydrogens (tertiary/aromatic N) is 5. The Bertz CT molecular complexity index is 1070. The number of hydrogen-bond donors (Lipinski definition) is 4. The summed E-state index contributed by atoms with van der Waals surface area (Å²) >= 11 is 0. The molecule has 0 fully saturated rings. The molecule has 2 heterocycles. The fourth-order valence-corrected chi connectivity index (χ4v) is 3.27. The summed E-state index contributed by atoms with van der Waals surface area (Å²) in [5.41, 5.74) is 1.10. The van der Waals surface area contributed by atoms with Gasteiger partial charge in [0.25, 0.3) is 5.91 Å². The molecular formula is C21H27N7O3. The summed E-state index contributed by atoms with van der Waals surface area (Å²) in [5, 5.41) is 38.3. The Morgan fingerprint density at radius 2 is 1.87 bits per heavy atom. The van der Waals surface area contributed by atoms with Crippen molar-refractivity contribution in [3.8, 4) is 11.8 Å². The predicted molar refractivity (Wildman–Crippen MR) is 121 cm³/mol. The van der Waals surface area contributed by atoms with Gasteiger partial charge in [-0.15, -0.1) is 0 Å². The minimum atomic E-state index is -0.421. The molecule has 31 heavy (non-hydrogen) atoms. The molecule has 1 aliphatic rings. The van der Waals surface area contributed by atoms with Crippen molar-refractivity contribution in [2.75, 3.05) is 26.5 Å². The first-order valence-electron chi connectivity index (χ1n) is 9.81. The third kappa shape index (κ3) is 3.96. The summed E-state index contributed by atoms with van der Waals surface area (Å²) in [7, 11) is 6.22. The summed E-state index contributed by atoms with van der Waals surface area (Å²) in [6.45, 7) is 2.00. The number of carbonyl (C=O) groups excluding carboxylic acids is 1. The van der Waals surface area contributed by atoms with Gasteiger partial charge in [-0.1, -0.05) is 37.3 Å². The van der Waals surface area contributed by atoms with E-state index in [-0.39, 0.29) is 46.4 Å². The number of carbonyl (C=O) groups is 1. The van der Waals surface area contributed by atoms with Crippen molar-refractivity contribution in [3.05, 3.63) is 35.9 Å². The van der Waals surface area contributed by atoms with Crippen molar-refractivity contribution in [2.45, 2.75) is 19.4 Å². The highest BCUT2D eigenvalue weighted by Gasteiger charge is 2.33. The summed E-state index contributed by atoms with van der Waals surface area (Å²) in [5.74, 6) is -0.800. The number of rotatable bonds is 6. The van der Waals surface area contributed by atoms with Crippen LogP contribution < -0.4 is 5.32 Å². The lowest BCUT2D eigenvalue weighted by Gasteiger charge is -2.19. The van der Waals surface area contributed by atoms with Crippen molar-refractivity contribution in [1.82, 2.24) is 14.5 Å². The molecule has 0 bridgehead atoms.